The summed E-state index contributed by atoms with van der Waals surface area (Å²) in [5, 5.41) is 0.616. The van der Waals surface area contributed by atoms with Gasteiger partial charge in [0.05, 0.1) is 22.7 Å². The number of rotatable bonds is 4. The molecule has 0 fully saturated rings. The highest BCUT2D eigenvalue weighted by atomic mass is 32.2. The van der Waals surface area contributed by atoms with E-state index in [1.165, 1.54) is 28.4 Å². The van der Waals surface area contributed by atoms with Crippen LogP contribution < -0.4 is 0 Å². The Bertz CT molecular complexity index is 1010. The zero-order chi connectivity index (χ0) is 17.3. The molecule has 0 aliphatic rings. The molecule has 2 heterocycles. The maximum absolute atomic E-state index is 12.8. The second kappa shape index (κ2) is 6.09. The number of carbonyl (C=O) groups excluding carboxylic acids is 1. The summed E-state index contributed by atoms with van der Waals surface area (Å²) in [7, 11) is -3.73. The van der Waals surface area contributed by atoms with Gasteiger partial charge in [0.1, 0.15) is 5.69 Å². The Morgan fingerprint density at radius 2 is 1.92 bits per heavy atom. The van der Waals surface area contributed by atoms with Crippen LogP contribution in [0.25, 0.3) is 10.9 Å². The highest BCUT2D eigenvalue weighted by Gasteiger charge is 2.21. The molecule has 24 heavy (non-hydrogen) atoms. The molecular weight excluding hydrogens is 328 g/mol. The van der Waals surface area contributed by atoms with E-state index in [1.807, 2.05) is 0 Å². The summed E-state index contributed by atoms with van der Waals surface area (Å²) < 4.78 is 31.8. The molecule has 0 bridgehead atoms. The van der Waals surface area contributed by atoms with Crippen LogP contribution in [0.15, 0.2) is 53.6 Å². The summed E-state index contributed by atoms with van der Waals surface area (Å²) in [4.78, 5) is 16.2. The van der Waals surface area contributed by atoms with E-state index < -0.39 is 16.0 Å². The van der Waals surface area contributed by atoms with Gasteiger partial charge < -0.3 is 4.74 Å². The normalized spacial score (nSPS) is 11.6. The van der Waals surface area contributed by atoms with E-state index in [1.54, 1.807) is 38.1 Å². The SMILES string of the molecule is CCOC(=O)c1cc2ccn(S(=O)(=O)c3ccccc3)c2c(C)n1. The van der Waals surface area contributed by atoms with Crippen LogP contribution in [0, 0.1) is 6.92 Å². The van der Waals surface area contributed by atoms with E-state index in [9.17, 15) is 13.2 Å². The van der Waals surface area contributed by atoms with Crippen molar-refractivity contribution in [1.82, 2.24) is 8.96 Å². The molecule has 6 nitrogen and oxygen atoms in total. The van der Waals surface area contributed by atoms with Crippen molar-refractivity contribution < 1.29 is 17.9 Å². The molecule has 0 saturated carbocycles. The molecule has 7 heteroatoms. The van der Waals surface area contributed by atoms with Gasteiger partial charge in [0, 0.05) is 11.6 Å². The lowest BCUT2D eigenvalue weighted by Gasteiger charge is -2.10. The average Bonchev–Trinajstić information content (AvgIpc) is 3.01. The van der Waals surface area contributed by atoms with Crippen molar-refractivity contribution >= 4 is 26.9 Å². The molecule has 0 spiro atoms. The van der Waals surface area contributed by atoms with E-state index in [0.29, 0.717) is 16.6 Å². The van der Waals surface area contributed by atoms with Crippen LogP contribution in [0.1, 0.15) is 23.1 Å². The lowest BCUT2D eigenvalue weighted by atomic mass is 10.2. The summed E-state index contributed by atoms with van der Waals surface area (Å²) >= 11 is 0. The quantitative estimate of drug-likeness (QED) is 0.680. The van der Waals surface area contributed by atoms with Crippen molar-refractivity contribution in [3.8, 4) is 0 Å². The Hall–Kier alpha value is -2.67. The lowest BCUT2D eigenvalue weighted by molar-refractivity contribution is 0.0519. The second-order valence-corrected chi connectivity index (χ2v) is 7.00. The van der Waals surface area contributed by atoms with Gasteiger partial charge in [0.15, 0.2) is 0 Å². The second-order valence-electron chi connectivity index (χ2n) is 5.18. The number of nitrogens with zero attached hydrogens (tertiary/aromatic N) is 2. The van der Waals surface area contributed by atoms with E-state index in [-0.39, 0.29) is 17.2 Å². The van der Waals surface area contributed by atoms with Gasteiger partial charge in [-0.05, 0) is 38.1 Å². The third-order valence-electron chi connectivity index (χ3n) is 3.59. The maximum Gasteiger partial charge on any atom is 0.356 e. The van der Waals surface area contributed by atoms with Crippen LogP contribution in [0.3, 0.4) is 0 Å². The Morgan fingerprint density at radius 3 is 2.58 bits per heavy atom. The largest absolute Gasteiger partial charge is 0.461 e. The molecule has 0 unspecified atom stereocenters. The molecular formula is C17H16N2O4S. The Morgan fingerprint density at radius 1 is 1.21 bits per heavy atom. The third kappa shape index (κ3) is 2.67. The minimum Gasteiger partial charge on any atom is -0.461 e. The van der Waals surface area contributed by atoms with Crippen LogP contribution in [-0.4, -0.2) is 30.0 Å². The number of esters is 1. The monoisotopic (exact) mass is 344 g/mol. The summed E-state index contributed by atoms with van der Waals surface area (Å²) in [5.41, 5.74) is 1.06. The number of fused-ring (bicyclic) bond motifs is 1. The van der Waals surface area contributed by atoms with Crippen LogP contribution >= 0.6 is 0 Å². The average molecular weight is 344 g/mol. The molecule has 0 saturated heterocycles. The molecule has 1 aromatic carbocycles. The first-order valence-electron chi connectivity index (χ1n) is 7.41. The number of pyridine rings is 1. The molecule has 3 aromatic rings. The van der Waals surface area contributed by atoms with E-state index in [4.69, 9.17) is 4.74 Å². The van der Waals surface area contributed by atoms with Gasteiger partial charge in [0.25, 0.3) is 10.0 Å². The van der Waals surface area contributed by atoms with Gasteiger partial charge in [-0.2, -0.15) is 0 Å². The smallest absolute Gasteiger partial charge is 0.356 e. The number of carbonyl (C=O) groups is 1. The first-order valence-corrected chi connectivity index (χ1v) is 8.85. The van der Waals surface area contributed by atoms with Crippen molar-refractivity contribution in [3.05, 3.63) is 60.0 Å². The van der Waals surface area contributed by atoms with Gasteiger partial charge in [-0.1, -0.05) is 18.2 Å². The summed E-state index contributed by atoms with van der Waals surface area (Å²) in [6.07, 6.45) is 1.47. The third-order valence-corrected chi connectivity index (χ3v) is 5.28. The van der Waals surface area contributed by atoms with Crippen molar-refractivity contribution in [2.75, 3.05) is 6.61 Å². The molecule has 0 N–H and O–H groups in total. The van der Waals surface area contributed by atoms with Crippen molar-refractivity contribution in [1.29, 1.82) is 0 Å². The lowest BCUT2D eigenvalue weighted by Crippen LogP contribution is -2.13. The molecule has 3 rings (SSSR count). The molecule has 0 aliphatic carbocycles. The van der Waals surface area contributed by atoms with Gasteiger partial charge in [-0.3, -0.25) is 0 Å². The highest BCUT2D eigenvalue weighted by molar-refractivity contribution is 7.90. The van der Waals surface area contributed by atoms with Crippen molar-refractivity contribution in [2.45, 2.75) is 18.7 Å². The van der Waals surface area contributed by atoms with Crippen molar-refractivity contribution in [3.63, 3.8) is 0 Å². The van der Waals surface area contributed by atoms with Gasteiger partial charge in [-0.25, -0.2) is 22.2 Å². The van der Waals surface area contributed by atoms with Crippen LogP contribution in [-0.2, 0) is 14.8 Å². The first-order chi connectivity index (χ1) is 11.4. The standard InChI is InChI=1S/C17H16N2O4S/c1-3-23-17(20)15-11-13-9-10-19(16(13)12(2)18-15)24(21,22)14-7-5-4-6-8-14/h4-11H,3H2,1-2H3. The van der Waals surface area contributed by atoms with E-state index in [0.717, 1.165) is 0 Å². The highest BCUT2D eigenvalue weighted by Crippen LogP contribution is 2.25. The fraction of sp³-hybridized carbons (Fsp3) is 0.176. The summed E-state index contributed by atoms with van der Waals surface area (Å²) in [6.45, 7) is 3.63. The number of ether oxygens (including phenoxy) is 1. The summed E-state index contributed by atoms with van der Waals surface area (Å²) in [6, 6.07) is 11.4. The van der Waals surface area contributed by atoms with E-state index >= 15 is 0 Å². The molecule has 2 aromatic heterocycles. The summed E-state index contributed by atoms with van der Waals surface area (Å²) in [5.74, 6) is -0.527. The minimum atomic E-state index is -3.73. The Balaban J connectivity index is 2.17. The molecule has 124 valence electrons. The maximum atomic E-state index is 12.8. The zero-order valence-electron chi connectivity index (χ0n) is 13.3. The molecule has 0 atom stereocenters. The molecule has 0 radical (unpaired) electrons. The topological polar surface area (TPSA) is 78.3 Å². The molecule has 0 aliphatic heterocycles. The number of benzene rings is 1. The Kier molecular flexibility index (Phi) is 4.11. The van der Waals surface area contributed by atoms with Gasteiger partial charge >= 0.3 is 5.97 Å². The number of hydrogen-bond donors (Lipinski definition) is 0. The fourth-order valence-corrected chi connectivity index (χ4v) is 3.97. The predicted octanol–water partition coefficient (Wildman–Crippen LogP) is 2.76. The zero-order valence-corrected chi connectivity index (χ0v) is 14.1. The van der Waals surface area contributed by atoms with Crippen molar-refractivity contribution in [2.24, 2.45) is 0 Å². The predicted molar refractivity (Wildman–Crippen MR) is 89.5 cm³/mol. The number of aromatic nitrogens is 2. The Labute approximate surface area is 139 Å². The fourth-order valence-electron chi connectivity index (χ4n) is 2.54. The van der Waals surface area contributed by atoms with Crippen LogP contribution in [0.5, 0.6) is 0 Å². The number of hydrogen-bond acceptors (Lipinski definition) is 5. The van der Waals surface area contributed by atoms with E-state index in [2.05, 4.69) is 4.98 Å². The van der Waals surface area contributed by atoms with Gasteiger partial charge in [0.2, 0.25) is 0 Å². The first kappa shape index (κ1) is 16.2. The van der Waals surface area contributed by atoms with Crippen LogP contribution in [0.2, 0.25) is 0 Å². The minimum absolute atomic E-state index is 0.164. The molecule has 0 amide bonds. The number of aryl methyl sites for hydroxylation is 1. The van der Waals surface area contributed by atoms with Crippen LogP contribution in [0.4, 0.5) is 0 Å². The van der Waals surface area contributed by atoms with Gasteiger partial charge in [-0.15, -0.1) is 0 Å².